The molecule has 2 rings (SSSR count). The predicted molar refractivity (Wildman–Crippen MR) is 40.1 cm³/mol. The molecule has 5 heteroatoms. The second kappa shape index (κ2) is 2.41. The molecular weight excluding hydrogens is 166 g/mol. The van der Waals surface area contributed by atoms with Gasteiger partial charge in [-0.3, -0.25) is 0 Å². The lowest BCUT2D eigenvalue weighted by Gasteiger charge is -2.08. The van der Waals surface area contributed by atoms with Gasteiger partial charge in [-0.05, 0) is 18.0 Å². The van der Waals surface area contributed by atoms with Crippen LogP contribution in [0.3, 0.4) is 0 Å². The van der Waals surface area contributed by atoms with Gasteiger partial charge in [-0.25, -0.2) is 0 Å². The van der Waals surface area contributed by atoms with Crippen molar-refractivity contribution in [2.45, 2.75) is 24.7 Å². The Bertz CT molecular complexity index is 259. The van der Waals surface area contributed by atoms with Crippen LogP contribution in [0.2, 0.25) is 0 Å². The largest absolute Gasteiger partial charge is 0.365 e. The number of ether oxygens (including phenoxy) is 1. The standard InChI is InChI=1S/C6H6ClN3O/c7-3-1-6-4(9-10-8)2-5(3)11-6/h1,4-6H,2H2/t4-,5+,6+/m0/s1. The van der Waals surface area contributed by atoms with E-state index in [1.54, 1.807) is 0 Å². The maximum atomic E-state index is 8.17. The van der Waals surface area contributed by atoms with Crippen LogP contribution < -0.4 is 0 Å². The molecule has 0 saturated carbocycles. The minimum atomic E-state index is -0.0802. The van der Waals surface area contributed by atoms with Crippen LogP contribution in [0.4, 0.5) is 0 Å². The van der Waals surface area contributed by atoms with E-state index in [-0.39, 0.29) is 18.2 Å². The van der Waals surface area contributed by atoms with Gasteiger partial charge >= 0.3 is 0 Å². The van der Waals surface area contributed by atoms with E-state index in [9.17, 15) is 0 Å². The zero-order chi connectivity index (χ0) is 7.84. The third kappa shape index (κ3) is 0.997. The van der Waals surface area contributed by atoms with Gasteiger partial charge in [0.25, 0.3) is 0 Å². The molecule has 0 aromatic carbocycles. The van der Waals surface area contributed by atoms with Crippen molar-refractivity contribution >= 4 is 11.6 Å². The van der Waals surface area contributed by atoms with Gasteiger partial charge in [0.1, 0.15) is 0 Å². The summed E-state index contributed by atoms with van der Waals surface area (Å²) in [6.07, 6.45) is 2.44. The second-order valence-electron chi connectivity index (χ2n) is 2.65. The zero-order valence-electron chi connectivity index (χ0n) is 5.64. The first-order chi connectivity index (χ1) is 5.31. The lowest BCUT2D eigenvalue weighted by molar-refractivity contribution is 0.115. The maximum Gasteiger partial charge on any atom is 0.0941 e. The van der Waals surface area contributed by atoms with Crippen molar-refractivity contribution in [3.63, 3.8) is 0 Å². The molecule has 1 saturated heterocycles. The smallest absolute Gasteiger partial charge is 0.0941 e. The first-order valence-corrected chi connectivity index (χ1v) is 3.76. The predicted octanol–water partition coefficient (Wildman–Crippen LogP) is 1.96. The summed E-state index contributed by atoms with van der Waals surface area (Å²) in [5.41, 5.74) is 8.17. The lowest BCUT2D eigenvalue weighted by Crippen LogP contribution is -2.16. The van der Waals surface area contributed by atoms with Crippen LogP contribution in [-0.4, -0.2) is 18.2 Å². The molecule has 0 amide bonds. The van der Waals surface area contributed by atoms with Gasteiger partial charge in [0, 0.05) is 9.94 Å². The van der Waals surface area contributed by atoms with Crippen LogP contribution in [0.5, 0.6) is 0 Å². The number of hydrogen-bond acceptors (Lipinski definition) is 2. The van der Waals surface area contributed by atoms with E-state index in [1.807, 2.05) is 6.08 Å². The molecule has 3 atom stereocenters. The number of rotatable bonds is 1. The van der Waals surface area contributed by atoms with Crippen molar-refractivity contribution in [2.24, 2.45) is 5.11 Å². The van der Waals surface area contributed by atoms with E-state index >= 15 is 0 Å². The summed E-state index contributed by atoms with van der Waals surface area (Å²) < 4.78 is 5.36. The summed E-state index contributed by atoms with van der Waals surface area (Å²) in [6, 6.07) is -0.0486. The molecule has 2 bridgehead atoms. The molecular formula is C6H6ClN3O. The van der Waals surface area contributed by atoms with Crippen molar-refractivity contribution in [1.29, 1.82) is 0 Å². The highest BCUT2D eigenvalue weighted by molar-refractivity contribution is 6.30. The fourth-order valence-electron chi connectivity index (χ4n) is 1.46. The highest BCUT2D eigenvalue weighted by atomic mass is 35.5. The van der Waals surface area contributed by atoms with Crippen LogP contribution in [-0.2, 0) is 4.74 Å². The summed E-state index contributed by atoms with van der Waals surface area (Å²) >= 11 is 5.78. The number of halogens is 1. The van der Waals surface area contributed by atoms with Crippen molar-refractivity contribution in [1.82, 2.24) is 0 Å². The van der Waals surface area contributed by atoms with Gasteiger partial charge in [-0.15, -0.1) is 0 Å². The topological polar surface area (TPSA) is 58.0 Å². The van der Waals surface area contributed by atoms with Crippen LogP contribution >= 0.6 is 11.6 Å². The van der Waals surface area contributed by atoms with E-state index in [1.165, 1.54) is 0 Å². The fourth-order valence-corrected chi connectivity index (χ4v) is 1.73. The van der Waals surface area contributed by atoms with E-state index in [0.29, 0.717) is 0 Å². The highest BCUT2D eigenvalue weighted by Crippen LogP contribution is 2.37. The molecule has 1 fully saturated rings. The quantitative estimate of drug-likeness (QED) is 0.338. The molecule has 4 nitrogen and oxygen atoms in total. The second-order valence-corrected chi connectivity index (χ2v) is 3.09. The fraction of sp³-hybridized carbons (Fsp3) is 0.667. The first-order valence-electron chi connectivity index (χ1n) is 3.38. The monoisotopic (exact) mass is 171 g/mol. The van der Waals surface area contributed by atoms with Gasteiger partial charge in [0.05, 0.1) is 18.2 Å². The number of fused-ring (bicyclic) bond motifs is 2. The van der Waals surface area contributed by atoms with E-state index in [0.717, 1.165) is 11.5 Å². The molecule has 0 aromatic rings. The highest BCUT2D eigenvalue weighted by Gasteiger charge is 2.40. The summed E-state index contributed by atoms with van der Waals surface area (Å²) in [5, 5.41) is 4.34. The average Bonchev–Trinajstić information content (AvgIpc) is 2.47. The summed E-state index contributed by atoms with van der Waals surface area (Å²) in [6.45, 7) is 0. The molecule has 0 spiro atoms. The molecule has 0 N–H and O–H groups in total. The minimum absolute atomic E-state index is 0.0165. The van der Waals surface area contributed by atoms with Gasteiger partial charge in [0.15, 0.2) is 0 Å². The molecule has 0 radical (unpaired) electrons. The van der Waals surface area contributed by atoms with E-state index < -0.39 is 0 Å². The summed E-state index contributed by atoms with van der Waals surface area (Å²) in [7, 11) is 0. The average molecular weight is 172 g/mol. The van der Waals surface area contributed by atoms with E-state index in [4.69, 9.17) is 21.9 Å². The summed E-state index contributed by atoms with van der Waals surface area (Å²) in [4.78, 5) is 2.73. The molecule has 0 aliphatic carbocycles. The number of nitrogens with zero attached hydrogens (tertiary/aromatic N) is 3. The Hall–Kier alpha value is -0.700. The van der Waals surface area contributed by atoms with E-state index in [2.05, 4.69) is 10.0 Å². The molecule has 0 aromatic heterocycles. The van der Waals surface area contributed by atoms with Gasteiger partial charge in [-0.2, -0.15) is 0 Å². The van der Waals surface area contributed by atoms with Crippen molar-refractivity contribution in [2.75, 3.05) is 0 Å². The van der Waals surface area contributed by atoms with Crippen LogP contribution in [0.1, 0.15) is 6.42 Å². The van der Waals surface area contributed by atoms with Crippen LogP contribution in [0.15, 0.2) is 16.2 Å². The molecule has 11 heavy (non-hydrogen) atoms. The summed E-state index contributed by atoms with van der Waals surface area (Å²) in [5.74, 6) is 0. The Morgan fingerprint density at radius 2 is 2.64 bits per heavy atom. The first kappa shape index (κ1) is 6.98. The lowest BCUT2D eigenvalue weighted by atomic mass is 10.0. The van der Waals surface area contributed by atoms with Gasteiger partial charge < -0.3 is 4.74 Å². The minimum Gasteiger partial charge on any atom is -0.365 e. The van der Waals surface area contributed by atoms with Crippen LogP contribution in [0.25, 0.3) is 10.4 Å². The Balaban J connectivity index is 2.19. The Morgan fingerprint density at radius 1 is 1.82 bits per heavy atom. The third-order valence-electron chi connectivity index (χ3n) is 1.99. The van der Waals surface area contributed by atoms with Crippen molar-refractivity contribution < 1.29 is 4.74 Å². The van der Waals surface area contributed by atoms with Gasteiger partial charge in [0.2, 0.25) is 0 Å². The van der Waals surface area contributed by atoms with Crippen molar-refractivity contribution in [3.8, 4) is 0 Å². The normalized spacial score (nSPS) is 40.1. The molecule has 2 heterocycles. The molecule has 58 valence electrons. The Labute approximate surface area is 68.4 Å². The molecule has 0 unspecified atom stereocenters. The Kier molecular flexibility index (Phi) is 1.53. The van der Waals surface area contributed by atoms with Gasteiger partial charge in [-0.1, -0.05) is 16.7 Å². The maximum absolute atomic E-state index is 8.17. The zero-order valence-corrected chi connectivity index (χ0v) is 6.40. The number of azide groups is 1. The molecule has 2 aliphatic heterocycles. The van der Waals surface area contributed by atoms with Crippen LogP contribution in [0, 0.1) is 0 Å². The third-order valence-corrected chi connectivity index (χ3v) is 2.36. The Morgan fingerprint density at radius 3 is 3.09 bits per heavy atom. The SMILES string of the molecule is [N-]=[N+]=N[C@H]1C[C@H]2O[C@@H]1C=C2Cl. The molecule has 2 aliphatic rings. The van der Waals surface area contributed by atoms with Crippen molar-refractivity contribution in [3.05, 3.63) is 21.6 Å². The number of hydrogen-bond donors (Lipinski definition) is 0.